The Kier molecular flexibility index (Phi) is 4.10. The first-order valence-corrected chi connectivity index (χ1v) is 5.29. The molecule has 0 unspecified atom stereocenters. The van der Waals surface area contributed by atoms with E-state index >= 15 is 0 Å². The highest BCUT2D eigenvalue weighted by Crippen LogP contribution is 2.19. The van der Waals surface area contributed by atoms with E-state index in [1.807, 2.05) is 25.1 Å². The molecule has 1 aromatic carbocycles. The van der Waals surface area contributed by atoms with E-state index in [-0.39, 0.29) is 0 Å². The topological polar surface area (TPSA) is 38.9 Å². The number of nitrogens with two attached hydrogens (primary N) is 1. The van der Waals surface area contributed by atoms with Gasteiger partial charge in [0.1, 0.15) is 0 Å². The van der Waals surface area contributed by atoms with Crippen molar-refractivity contribution in [1.82, 2.24) is 4.98 Å². The van der Waals surface area contributed by atoms with Crippen LogP contribution in [0.1, 0.15) is 25.8 Å². The Hall–Kier alpha value is -1.57. The summed E-state index contributed by atoms with van der Waals surface area (Å²) in [5.41, 5.74) is 8.62. The van der Waals surface area contributed by atoms with Gasteiger partial charge in [0.05, 0.1) is 11.2 Å². The van der Waals surface area contributed by atoms with E-state index in [1.165, 1.54) is 12.0 Å². The molecule has 0 amide bonds. The molecule has 0 bridgehead atoms. The van der Waals surface area contributed by atoms with Crippen LogP contribution >= 0.6 is 0 Å². The number of aryl methyl sites for hydroxylation is 1. The summed E-state index contributed by atoms with van der Waals surface area (Å²) in [6.45, 7) is 6.28. The van der Waals surface area contributed by atoms with E-state index in [0.717, 1.165) is 16.6 Å². The standard InChI is InChI=1S/C10H10N2.C3H8/c1-7-5-8-3-2-4-12-10(8)9(11)6-7;1-3-2/h2-6H,11H2,1H3;3H2,1-2H3. The number of hydrogen-bond acceptors (Lipinski definition) is 2. The average molecular weight is 202 g/mol. The van der Waals surface area contributed by atoms with Crippen LogP contribution in [0.15, 0.2) is 30.5 Å². The summed E-state index contributed by atoms with van der Waals surface area (Å²) < 4.78 is 0. The van der Waals surface area contributed by atoms with E-state index in [9.17, 15) is 0 Å². The molecule has 0 spiro atoms. The molecule has 0 aliphatic carbocycles. The third kappa shape index (κ3) is 2.94. The minimum Gasteiger partial charge on any atom is -0.397 e. The van der Waals surface area contributed by atoms with Crippen LogP contribution in [0.4, 0.5) is 5.69 Å². The molecule has 2 aromatic rings. The summed E-state index contributed by atoms with van der Waals surface area (Å²) in [4.78, 5) is 4.20. The molecule has 0 saturated carbocycles. The Morgan fingerprint density at radius 2 is 1.93 bits per heavy atom. The summed E-state index contributed by atoms with van der Waals surface area (Å²) in [7, 11) is 0. The maximum atomic E-state index is 5.79. The zero-order chi connectivity index (χ0) is 11.3. The lowest BCUT2D eigenvalue weighted by atomic mass is 10.1. The van der Waals surface area contributed by atoms with Gasteiger partial charge in [-0.25, -0.2) is 0 Å². The first kappa shape index (κ1) is 11.5. The van der Waals surface area contributed by atoms with E-state index in [4.69, 9.17) is 5.73 Å². The third-order valence-corrected chi connectivity index (χ3v) is 1.88. The van der Waals surface area contributed by atoms with Crippen LogP contribution < -0.4 is 5.73 Å². The van der Waals surface area contributed by atoms with Crippen molar-refractivity contribution < 1.29 is 0 Å². The molecule has 80 valence electrons. The van der Waals surface area contributed by atoms with Gasteiger partial charge in [-0.2, -0.15) is 0 Å². The van der Waals surface area contributed by atoms with Gasteiger partial charge in [-0.3, -0.25) is 4.98 Å². The molecule has 0 radical (unpaired) electrons. The number of hydrogen-bond donors (Lipinski definition) is 1. The summed E-state index contributed by atoms with van der Waals surface area (Å²) in [5, 5.41) is 1.11. The van der Waals surface area contributed by atoms with Gasteiger partial charge in [0.15, 0.2) is 0 Å². The Balaban J connectivity index is 0.000000337. The van der Waals surface area contributed by atoms with Gasteiger partial charge in [0, 0.05) is 11.6 Å². The van der Waals surface area contributed by atoms with Crippen LogP contribution in [-0.2, 0) is 0 Å². The van der Waals surface area contributed by atoms with Crippen LogP contribution in [0.5, 0.6) is 0 Å². The van der Waals surface area contributed by atoms with Gasteiger partial charge in [0.25, 0.3) is 0 Å². The van der Waals surface area contributed by atoms with Gasteiger partial charge >= 0.3 is 0 Å². The third-order valence-electron chi connectivity index (χ3n) is 1.88. The zero-order valence-corrected chi connectivity index (χ0v) is 9.62. The van der Waals surface area contributed by atoms with Crippen molar-refractivity contribution in [2.75, 3.05) is 5.73 Å². The summed E-state index contributed by atoms with van der Waals surface area (Å²) >= 11 is 0. The largest absolute Gasteiger partial charge is 0.397 e. The lowest BCUT2D eigenvalue weighted by molar-refractivity contribution is 1.09. The van der Waals surface area contributed by atoms with Gasteiger partial charge in [0.2, 0.25) is 0 Å². The van der Waals surface area contributed by atoms with Gasteiger partial charge in [-0.1, -0.05) is 26.3 Å². The van der Waals surface area contributed by atoms with Crippen molar-refractivity contribution in [2.24, 2.45) is 0 Å². The van der Waals surface area contributed by atoms with Crippen molar-refractivity contribution >= 4 is 16.6 Å². The molecule has 2 N–H and O–H groups in total. The number of nitrogens with zero attached hydrogens (tertiary/aromatic N) is 1. The molecule has 0 atom stereocenters. The van der Waals surface area contributed by atoms with Gasteiger partial charge < -0.3 is 5.73 Å². The fourth-order valence-corrected chi connectivity index (χ4v) is 1.38. The molecule has 2 rings (SSSR count). The molecule has 2 nitrogen and oxygen atoms in total. The molecule has 0 saturated heterocycles. The number of pyridine rings is 1. The minimum absolute atomic E-state index is 0.755. The second kappa shape index (κ2) is 5.35. The number of nitrogen functional groups attached to an aromatic ring is 1. The highest BCUT2D eigenvalue weighted by Gasteiger charge is 1.98. The molecular weight excluding hydrogens is 184 g/mol. The van der Waals surface area contributed by atoms with E-state index in [2.05, 4.69) is 24.9 Å². The maximum absolute atomic E-state index is 5.79. The summed E-state index contributed by atoms with van der Waals surface area (Å²) in [6, 6.07) is 7.96. The monoisotopic (exact) mass is 202 g/mol. The highest BCUT2D eigenvalue weighted by atomic mass is 14.7. The Bertz CT molecular complexity index is 435. The van der Waals surface area contributed by atoms with E-state index in [0.29, 0.717) is 0 Å². The fourth-order valence-electron chi connectivity index (χ4n) is 1.38. The smallest absolute Gasteiger partial charge is 0.0931 e. The molecule has 1 heterocycles. The van der Waals surface area contributed by atoms with Crippen LogP contribution in [0.2, 0.25) is 0 Å². The number of benzene rings is 1. The Labute approximate surface area is 91.1 Å². The SMILES string of the molecule is CCC.Cc1cc(N)c2ncccc2c1. The van der Waals surface area contributed by atoms with Crippen molar-refractivity contribution in [2.45, 2.75) is 27.2 Å². The molecule has 2 heteroatoms. The van der Waals surface area contributed by atoms with Crippen LogP contribution in [0, 0.1) is 6.92 Å². The van der Waals surface area contributed by atoms with Crippen molar-refractivity contribution in [1.29, 1.82) is 0 Å². The van der Waals surface area contributed by atoms with Gasteiger partial charge in [-0.15, -0.1) is 0 Å². The van der Waals surface area contributed by atoms with E-state index in [1.54, 1.807) is 6.20 Å². The average Bonchev–Trinajstić information content (AvgIpc) is 2.18. The number of rotatable bonds is 0. The van der Waals surface area contributed by atoms with Crippen LogP contribution in [-0.4, -0.2) is 4.98 Å². The minimum atomic E-state index is 0.755. The first-order chi connectivity index (χ1) is 7.19. The number of fused-ring (bicyclic) bond motifs is 1. The molecule has 0 aliphatic heterocycles. The first-order valence-electron chi connectivity index (χ1n) is 5.29. The zero-order valence-electron chi connectivity index (χ0n) is 9.62. The Morgan fingerprint density at radius 3 is 2.60 bits per heavy atom. The Morgan fingerprint density at radius 1 is 1.27 bits per heavy atom. The van der Waals surface area contributed by atoms with Crippen molar-refractivity contribution in [3.8, 4) is 0 Å². The molecule has 1 aromatic heterocycles. The second-order valence-electron chi connectivity index (χ2n) is 3.64. The molecular formula is C13H18N2. The number of anilines is 1. The van der Waals surface area contributed by atoms with Gasteiger partial charge in [-0.05, 0) is 30.7 Å². The van der Waals surface area contributed by atoms with Crippen LogP contribution in [0.3, 0.4) is 0 Å². The van der Waals surface area contributed by atoms with Crippen molar-refractivity contribution in [3.63, 3.8) is 0 Å². The molecule has 0 aliphatic rings. The van der Waals surface area contributed by atoms with Crippen LogP contribution in [0.25, 0.3) is 10.9 Å². The predicted molar refractivity (Wildman–Crippen MR) is 66.9 cm³/mol. The molecule has 15 heavy (non-hydrogen) atoms. The summed E-state index contributed by atoms with van der Waals surface area (Å²) in [5.74, 6) is 0. The maximum Gasteiger partial charge on any atom is 0.0931 e. The lowest BCUT2D eigenvalue weighted by Gasteiger charge is -2.01. The van der Waals surface area contributed by atoms with E-state index < -0.39 is 0 Å². The quantitative estimate of drug-likeness (QED) is 0.663. The number of aromatic nitrogens is 1. The summed E-state index contributed by atoms with van der Waals surface area (Å²) in [6.07, 6.45) is 3.01. The van der Waals surface area contributed by atoms with Crippen molar-refractivity contribution in [3.05, 3.63) is 36.0 Å². The fraction of sp³-hybridized carbons (Fsp3) is 0.308. The lowest BCUT2D eigenvalue weighted by Crippen LogP contribution is -1.90. The molecule has 0 fully saturated rings. The highest BCUT2D eigenvalue weighted by molar-refractivity contribution is 5.89. The second-order valence-corrected chi connectivity index (χ2v) is 3.64. The predicted octanol–water partition coefficient (Wildman–Crippen LogP) is 3.54. The normalized spacial score (nSPS) is 9.53.